The summed E-state index contributed by atoms with van der Waals surface area (Å²) in [7, 11) is 0. The fourth-order valence-electron chi connectivity index (χ4n) is 3.25. The topological polar surface area (TPSA) is 40.7 Å². The molecule has 1 atom stereocenters. The Labute approximate surface area is 97.0 Å². The molecule has 0 radical (unpaired) electrons. The van der Waals surface area contributed by atoms with Crippen LogP contribution < -0.4 is 5.32 Å². The van der Waals surface area contributed by atoms with Gasteiger partial charge in [0.25, 0.3) is 0 Å². The van der Waals surface area contributed by atoms with E-state index >= 15 is 0 Å². The van der Waals surface area contributed by atoms with Gasteiger partial charge >= 0.3 is 0 Å². The van der Waals surface area contributed by atoms with E-state index < -0.39 is 0 Å². The quantitative estimate of drug-likeness (QED) is 0.818. The van der Waals surface area contributed by atoms with Crippen LogP contribution in [0.3, 0.4) is 0 Å². The van der Waals surface area contributed by atoms with E-state index in [1.807, 2.05) is 0 Å². The van der Waals surface area contributed by atoms with Gasteiger partial charge in [0.05, 0.1) is 6.20 Å². The average Bonchev–Trinajstić information content (AvgIpc) is 2.98. The molecule has 1 unspecified atom stereocenters. The highest BCUT2D eigenvalue weighted by atomic mass is 15.1. The molecule has 0 spiro atoms. The molecule has 1 aliphatic carbocycles. The minimum Gasteiger partial charge on any atom is -0.316 e. The van der Waals surface area contributed by atoms with Crippen molar-refractivity contribution in [3.63, 3.8) is 0 Å². The minimum atomic E-state index is 0.795. The van der Waals surface area contributed by atoms with E-state index in [1.165, 1.54) is 62.9 Å². The maximum atomic E-state index is 4.26. The number of hydrogen-bond acceptors (Lipinski definition) is 2. The SMILES string of the molecule is c1n[nH]c(CC2CCNC2)c1C1CCCC1. The molecule has 1 aromatic rings. The zero-order valence-electron chi connectivity index (χ0n) is 9.84. The zero-order chi connectivity index (χ0) is 10.8. The van der Waals surface area contributed by atoms with Gasteiger partial charge in [-0.05, 0) is 56.2 Å². The Morgan fingerprint density at radius 3 is 2.88 bits per heavy atom. The summed E-state index contributed by atoms with van der Waals surface area (Å²) in [6.45, 7) is 2.38. The smallest absolute Gasteiger partial charge is 0.0524 e. The Kier molecular flexibility index (Phi) is 2.96. The summed E-state index contributed by atoms with van der Waals surface area (Å²) in [5, 5.41) is 10.9. The van der Waals surface area contributed by atoms with Crippen LogP contribution in [0.4, 0.5) is 0 Å². The third-order valence-electron chi connectivity index (χ3n) is 4.20. The second-order valence-corrected chi connectivity index (χ2v) is 5.35. The lowest BCUT2D eigenvalue weighted by molar-refractivity contribution is 0.563. The van der Waals surface area contributed by atoms with Gasteiger partial charge in [-0.3, -0.25) is 5.10 Å². The van der Waals surface area contributed by atoms with Crippen LogP contribution in [0.2, 0.25) is 0 Å². The molecule has 16 heavy (non-hydrogen) atoms. The third-order valence-corrected chi connectivity index (χ3v) is 4.20. The van der Waals surface area contributed by atoms with Crippen LogP contribution in [0, 0.1) is 5.92 Å². The van der Waals surface area contributed by atoms with Crippen molar-refractivity contribution in [1.82, 2.24) is 15.5 Å². The number of aromatic amines is 1. The largest absolute Gasteiger partial charge is 0.316 e. The summed E-state index contributed by atoms with van der Waals surface area (Å²) in [6.07, 6.45) is 10.1. The fraction of sp³-hybridized carbons (Fsp3) is 0.769. The van der Waals surface area contributed by atoms with Crippen LogP contribution >= 0.6 is 0 Å². The van der Waals surface area contributed by atoms with E-state index in [-0.39, 0.29) is 0 Å². The summed E-state index contributed by atoms with van der Waals surface area (Å²) < 4.78 is 0. The first-order chi connectivity index (χ1) is 7.93. The number of aromatic nitrogens is 2. The van der Waals surface area contributed by atoms with Crippen LogP contribution in [-0.2, 0) is 6.42 Å². The molecule has 1 aliphatic heterocycles. The molecule has 0 aromatic carbocycles. The Morgan fingerprint density at radius 1 is 1.25 bits per heavy atom. The normalized spacial score (nSPS) is 26.6. The zero-order valence-corrected chi connectivity index (χ0v) is 9.84. The molecule has 2 N–H and O–H groups in total. The van der Waals surface area contributed by atoms with E-state index in [2.05, 4.69) is 21.7 Å². The molecule has 88 valence electrons. The summed E-state index contributed by atoms with van der Waals surface area (Å²) in [5.41, 5.74) is 2.94. The summed E-state index contributed by atoms with van der Waals surface area (Å²) >= 11 is 0. The number of rotatable bonds is 3. The van der Waals surface area contributed by atoms with Gasteiger partial charge in [-0.25, -0.2) is 0 Å². The summed E-state index contributed by atoms with van der Waals surface area (Å²) in [5.74, 6) is 1.61. The standard InChI is InChI=1S/C13H21N3/c1-2-4-11(3-1)12-9-15-16-13(12)7-10-5-6-14-8-10/h9-11,14H,1-8H2,(H,15,16). The van der Waals surface area contributed by atoms with Crippen molar-refractivity contribution in [1.29, 1.82) is 0 Å². The lowest BCUT2D eigenvalue weighted by atomic mass is 9.93. The van der Waals surface area contributed by atoms with Gasteiger partial charge in [-0.2, -0.15) is 5.10 Å². The number of H-pyrrole nitrogens is 1. The minimum absolute atomic E-state index is 0.795. The van der Waals surface area contributed by atoms with Crippen molar-refractivity contribution in [2.75, 3.05) is 13.1 Å². The Balaban J connectivity index is 1.71. The molecule has 1 aromatic heterocycles. The molecular weight excluding hydrogens is 198 g/mol. The van der Waals surface area contributed by atoms with Crippen molar-refractivity contribution in [3.8, 4) is 0 Å². The van der Waals surface area contributed by atoms with Crippen molar-refractivity contribution in [2.24, 2.45) is 5.92 Å². The van der Waals surface area contributed by atoms with Crippen molar-refractivity contribution >= 4 is 0 Å². The number of nitrogens with zero attached hydrogens (tertiary/aromatic N) is 1. The van der Waals surface area contributed by atoms with Gasteiger partial charge in [0, 0.05) is 5.69 Å². The highest BCUT2D eigenvalue weighted by Gasteiger charge is 2.23. The molecule has 1 saturated carbocycles. The highest BCUT2D eigenvalue weighted by Crippen LogP contribution is 2.35. The fourth-order valence-corrected chi connectivity index (χ4v) is 3.25. The second kappa shape index (κ2) is 4.58. The third kappa shape index (κ3) is 2.01. The van der Waals surface area contributed by atoms with Crippen LogP contribution in [0.1, 0.15) is 49.3 Å². The molecule has 3 heteroatoms. The average molecular weight is 219 g/mol. The van der Waals surface area contributed by atoms with E-state index in [4.69, 9.17) is 0 Å². The molecule has 2 fully saturated rings. The van der Waals surface area contributed by atoms with Crippen molar-refractivity contribution in [3.05, 3.63) is 17.5 Å². The molecular formula is C13H21N3. The number of nitrogens with one attached hydrogen (secondary N) is 2. The Hall–Kier alpha value is -0.830. The Bertz CT molecular complexity index is 333. The Morgan fingerprint density at radius 2 is 2.12 bits per heavy atom. The molecule has 3 nitrogen and oxygen atoms in total. The molecule has 1 saturated heterocycles. The van der Waals surface area contributed by atoms with Crippen molar-refractivity contribution in [2.45, 2.75) is 44.4 Å². The predicted octanol–water partition coefficient (Wildman–Crippen LogP) is 2.22. The van der Waals surface area contributed by atoms with Gasteiger partial charge in [-0.1, -0.05) is 12.8 Å². The van der Waals surface area contributed by atoms with Crippen LogP contribution in [0.15, 0.2) is 6.20 Å². The summed E-state index contributed by atoms with van der Waals surface area (Å²) in [6, 6.07) is 0. The lowest BCUT2D eigenvalue weighted by Crippen LogP contribution is -2.12. The monoisotopic (exact) mass is 219 g/mol. The molecule has 3 rings (SSSR count). The molecule has 2 heterocycles. The summed E-state index contributed by atoms with van der Waals surface area (Å²) in [4.78, 5) is 0. The molecule has 0 amide bonds. The first-order valence-electron chi connectivity index (χ1n) is 6.66. The van der Waals surface area contributed by atoms with Crippen LogP contribution in [0.25, 0.3) is 0 Å². The van der Waals surface area contributed by atoms with Gasteiger partial charge in [0.15, 0.2) is 0 Å². The second-order valence-electron chi connectivity index (χ2n) is 5.35. The lowest BCUT2D eigenvalue weighted by Gasteiger charge is -2.12. The molecule has 2 aliphatic rings. The predicted molar refractivity (Wildman–Crippen MR) is 64.5 cm³/mol. The van der Waals surface area contributed by atoms with Gasteiger partial charge < -0.3 is 5.32 Å². The van der Waals surface area contributed by atoms with Gasteiger partial charge in [-0.15, -0.1) is 0 Å². The van der Waals surface area contributed by atoms with E-state index in [9.17, 15) is 0 Å². The van der Waals surface area contributed by atoms with Crippen LogP contribution in [-0.4, -0.2) is 23.3 Å². The van der Waals surface area contributed by atoms with E-state index in [0.717, 1.165) is 11.8 Å². The first-order valence-corrected chi connectivity index (χ1v) is 6.66. The van der Waals surface area contributed by atoms with Gasteiger partial charge in [0.1, 0.15) is 0 Å². The van der Waals surface area contributed by atoms with Crippen molar-refractivity contribution < 1.29 is 0 Å². The number of hydrogen-bond donors (Lipinski definition) is 2. The maximum absolute atomic E-state index is 4.26. The molecule has 0 bridgehead atoms. The highest BCUT2D eigenvalue weighted by molar-refractivity contribution is 5.23. The maximum Gasteiger partial charge on any atom is 0.0524 e. The van der Waals surface area contributed by atoms with E-state index in [1.54, 1.807) is 0 Å². The van der Waals surface area contributed by atoms with E-state index in [0.29, 0.717) is 0 Å². The van der Waals surface area contributed by atoms with Gasteiger partial charge in [0.2, 0.25) is 0 Å². The first kappa shape index (κ1) is 10.3. The van der Waals surface area contributed by atoms with Crippen LogP contribution in [0.5, 0.6) is 0 Å².